The van der Waals surface area contributed by atoms with Crippen LogP contribution in [0.2, 0.25) is 12.1 Å². The Labute approximate surface area is 351 Å². The van der Waals surface area contributed by atoms with Crippen LogP contribution in [0.1, 0.15) is 102 Å². The molecule has 57 heavy (non-hydrogen) atoms. The molecule has 0 saturated heterocycles. The first-order chi connectivity index (χ1) is 28.0. The lowest BCUT2D eigenvalue weighted by molar-refractivity contribution is 0.616. The van der Waals surface area contributed by atoms with Crippen LogP contribution in [0.25, 0.3) is 64.9 Å². The molecule has 0 N–H and O–H groups in total. The number of hydrogen-bond acceptors (Lipinski definition) is 12. The maximum atomic E-state index is 9.45. The monoisotopic (exact) mass is 838 g/mol. The fourth-order valence-electron chi connectivity index (χ4n) is 8.21. The molecule has 0 fully saturated rings. The molecule has 0 amide bonds. The molecule has 6 aromatic rings. The maximum absolute atomic E-state index is 9.45. The van der Waals surface area contributed by atoms with Crippen LogP contribution in [0.4, 0.5) is 0 Å². The molecule has 1 aliphatic heterocycles. The van der Waals surface area contributed by atoms with Crippen LogP contribution in [-0.2, 0) is 0 Å². The van der Waals surface area contributed by atoms with Crippen molar-refractivity contribution < 1.29 is 0 Å². The van der Waals surface area contributed by atoms with Crippen LogP contribution in [0.15, 0.2) is 47.5 Å². The van der Waals surface area contributed by atoms with Crippen molar-refractivity contribution in [2.45, 2.75) is 103 Å². The van der Waals surface area contributed by atoms with Gasteiger partial charge in [-0.25, -0.2) is 0 Å². The minimum Gasteiger partial charge on any atom is -0.192 e. The van der Waals surface area contributed by atoms with E-state index in [-0.39, 0.29) is 11.1 Å². The van der Waals surface area contributed by atoms with E-state index in [2.05, 4.69) is 46.9 Å². The number of fused-ring (bicyclic) bond motifs is 5. The summed E-state index contributed by atoms with van der Waals surface area (Å²) in [6.07, 6.45) is 18.4. The number of aromatic nitrogens is 4. The summed E-state index contributed by atoms with van der Waals surface area (Å²) in [7, 11) is -2.23. The molecule has 286 valence electrons. The van der Waals surface area contributed by atoms with Crippen LogP contribution in [-0.4, -0.2) is 25.6 Å². The van der Waals surface area contributed by atoms with Crippen molar-refractivity contribution in [3.63, 3.8) is 0 Å². The Morgan fingerprint density at radius 2 is 0.930 bits per heavy atom. The molecule has 0 bridgehead atoms. The van der Waals surface area contributed by atoms with Gasteiger partial charge < -0.3 is 0 Å². The van der Waals surface area contributed by atoms with E-state index in [0.717, 1.165) is 56.7 Å². The lowest BCUT2D eigenvalue weighted by Crippen LogP contribution is -2.54. The summed E-state index contributed by atoms with van der Waals surface area (Å²) in [4.78, 5) is 5.14. The van der Waals surface area contributed by atoms with Crippen molar-refractivity contribution >= 4 is 98.8 Å². The van der Waals surface area contributed by atoms with Gasteiger partial charge in [-0.1, -0.05) is 115 Å². The lowest BCUT2D eigenvalue weighted by atomic mass is 10.1. The summed E-state index contributed by atoms with van der Waals surface area (Å²) < 4.78 is 18.8. The molecule has 7 rings (SSSR count). The number of nitrogens with zero attached hydrogens (tertiary/aromatic N) is 8. The molecule has 5 heterocycles. The topological polar surface area (TPSA) is 147 Å². The molecule has 0 spiro atoms. The molecule has 8 nitrogen and oxygen atoms in total. The Morgan fingerprint density at radius 1 is 0.544 bits per heavy atom. The highest BCUT2D eigenvalue weighted by Gasteiger charge is 2.47. The third-order valence-electron chi connectivity index (χ3n) is 11.1. The number of nitriles is 4. The molecule has 0 aliphatic carbocycles. The smallest absolute Gasteiger partial charge is 0.130 e. The molecule has 4 aromatic heterocycles. The van der Waals surface area contributed by atoms with Gasteiger partial charge in [0, 0.05) is 41.8 Å². The number of benzene rings is 2. The average molecular weight is 839 g/mol. The minimum atomic E-state index is -2.23. The van der Waals surface area contributed by atoms with Gasteiger partial charge >= 0.3 is 0 Å². The van der Waals surface area contributed by atoms with Gasteiger partial charge in [0.25, 0.3) is 0 Å². The first-order valence-electron chi connectivity index (χ1n) is 19.8. The molecular weight excluding hydrogens is 797 g/mol. The van der Waals surface area contributed by atoms with Gasteiger partial charge in [-0.3, -0.25) is 0 Å². The normalized spacial score (nSPS) is 12.4. The zero-order chi connectivity index (χ0) is 39.8. The van der Waals surface area contributed by atoms with Crippen LogP contribution in [0.3, 0.4) is 0 Å². The van der Waals surface area contributed by atoms with E-state index in [4.69, 9.17) is 8.75 Å². The average Bonchev–Trinajstić information content (AvgIpc) is 4.08. The van der Waals surface area contributed by atoms with E-state index in [1.807, 2.05) is 59.1 Å². The molecule has 0 saturated carbocycles. The Bertz CT molecular complexity index is 2430. The van der Waals surface area contributed by atoms with E-state index in [1.54, 1.807) is 22.5 Å². The predicted molar refractivity (Wildman–Crippen MR) is 240 cm³/mol. The second-order valence-electron chi connectivity index (χ2n) is 14.7. The second-order valence-corrected chi connectivity index (χ2v) is 22.1. The third kappa shape index (κ3) is 8.14. The Balaban J connectivity index is 1.36. The Morgan fingerprint density at radius 3 is 1.33 bits per heavy atom. The molecule has 0 radical (unpaired) electrons. The zero-order valence-electron chi connectivity index (χ0n) is 32.2. The highest BCUT2D eigenvalue weighted by Crippen LogP contribution is 2.48. The van der Waals surface area contributed by atoms with Crippen molar-refractivity contribution in [2.75, 3.05) is 0 Å². The van der Waals surface area contributed by atoms with E-state index in [1.165, 1.54) is 109 Å². The van der Waals surface area contributed by atoms with Gasteiger partial charge in [0.05, 0.1) is 23.5 Å². The molecule has 13 heteroatoms. The van der Waals surface area contributed by atoms with Crippen molar-refractivity contribution in [1.29, 1.82) is 21.0 Å². The van der Waals surface area contributed by atoms with Crippen LogP contribution < -0.4 is 10.4 Å². The fourth-order valence-corrected chi connectivity index (χ4v) is 18.9. The first-order valence-corrected chi connectivity index (χ1v) is 25.3. The summed E-state index contributed by atoms with van der Waals surface area (Å²) in [6, 6.07) is 23.5. The molecule has 0 atom stereocenters. The summed E-state index contributed by atoms with van der Waals surface area (Å²) in [5, 5.41) is 40.9. The highest BCUT2D eigenvalue weighted by molar-refractivity contribution is 7.31. The minimum absolute atomic E-state index is 0.0410. The van der Waals surface area contributed by atoms with Crippen LogP contribution in [0, 0.1) is 45.3 Å². The van der Waals surface area contributed by atoms with E-state index < -0.39 is 8.07 Å². The van der Waals surface area contributed by atoms with Crippen molar-refractivity contribution in [1.82, 2.24) is 17.5 Å². The van der Waals surface area contributed by atoms with Gasteiger partial charge in [0.1, 0.15) is 65.6 Å². The number of allylic oxidation sites excluding steroid dienone is 2. The number of hydrogen-bond donors (Lipinski definition) is 0. The van der Waals surface area contributed by atoms with Gasteiger partial charge in [-0.15, -0.1) is 22.7 Å². The standard InChI is InChI=1S/C44H42N8S4Si/c1-3-5-7-9-11-13-19-57(20-14-12-10-8-6-4-2)37-23-35(33-17-15-31(21-29(25-45)26-46)39-41(33)51-55-49-39)53-43(37)44-38(57)24-36(54-44)34-18-16-32(22-30(27-47)28-48)40-42(34)52-56-50-40/h15-18,21-24H,3-14,19-20H2,1-2H3. The number of unbranched alkanes of at least 4 members (excludes halogenated alkanes) is 10. The van der Waals surface area contributed by atoms with Crippen molar-refractivity contribution in [2.24, 2.45) is 0 Å². The van der Waals surface area contributed by atoms with Gasteiger partial charge in [0.15, 0.2) is 0 Å². The van der Waals surface area contributed by atoms with E-state index in [9.17, 15) is 21.0 Å². The molecule has 1 aliphatic rings. The largest absolute Gasteiger partial charge is 0.192 e. The van der Waals surface area contributed by atoms with E-state index >= 15 is 0 Å². The zero-order valence-corrected chi connectivity index (χ0v) is 36.5. The lowest BCUT2D eigenvalue weighted by Gasteiger charge is -2.29. The third-order valence-corrected chi connectivity index (χ3v) is 20.3. The molecular formula is C44H42N8S4Si. The quantitative estimate of drug-likeness (QED) is 0.0472. The molecule has 0 unspecified atom stereocenters. The second kappa shape index (κ2) is 18.6. The van der Waals surface area contributed by atoms with Crippen molar-refractivity contribution in [3.05, 3.63) is 58.7 Å². The number of thiophene rings is 2. The highest BCUT2D eigenvalue weighted by atomic mass is 32.1. The van der Waals surface area contributed by atoms with E-state index in [0.29, 0.717) is 11.0 Å². The van der Waals surface area contributed by atoms with Gasteiger partial charge in [0.2, 0.25) is 0 Å². The molecule has 2 aromatic carbocycles. The van der Waals surface area contributed by atoms with Crippen molar-refractivity contribution in [3.8, 4) is 54.9 Å². The Kier molecular flexibility index (Phi) is 13.2. The SMILES string of the molecule is CCCCCCCC[Si]1(CCCCCCCC)c2cc(-c3ccc(C=C(C#N)C#N)c4nsnc34)sc2-c2sc(-c3ccc(C=C(C#N)C#N)c4nsnc34)cc21. The summed E-state index contributed by atoms with van der Waals surface area (Å²) >= 11 is 6.04. The fraction of sp³-hybridized carbons (Fsp3) is 0.364. The van der Waals surface area contributed by atoms with Gasteiger partial charge in [-0.2, -0.15) is 38.5 Å². The summed E-state index contributed by atoms with van der Waals surface area (Å²) in [5.41, 5.74) is 6.66. The predicted octanol–water partition coefficient (Wildman–Crippen LogP) is 12.3. The van der Waals surface area contributed by atoms with Crippen LogP contribution >= 0.6 is 46.1 Å². The number of rotatable bonds is 18. The maximum Gasteiger partial charge on any atom is 0.130 e. The van der Waals surface area contributed by atoms with Crippen LogP contribution in [0.5, 0.6) is 0 Å². The first kappa shape index (κ1) is 40.3. The Hall–Kier alpha value is -4.86. The summed E-state index contributed by atoms with van der Waals surface area (Å²) in [6.45, 7) is 4.55. The summed E-state index contributed by atoms with van der Waals surface area (Å²) in [5.74, 6) is 0. The van der Waals surface area contributed by atoms with Gasteiger partial charge in [-0.05, 0) is 46.7 Å².